The third-order valence-electron chi connectivity index (χ3n) is 6.81. The molecule has 0 radical (unpaired) electrons. The first-order chi connectivity index (χ1) is 15.2. The van der Waals surface area contributed by atoms with Crippen LogP contribution in [0.25, 0.3) is 0 Å². The van der Waals surface area contributed by atoms with Gasteiger partial charge in [0.1, 0.15) is 0 Å². The molecule has 4 heteroatoms. The summed E-state index contributed by atoms with van der Waals surface area (Å²) in [6.45, 7) is 0.539. The molecule has 6 rings (SSSR count). The summed E-state index contributed by atoms with van der Waals surface area (Å²) in [6.07, 6.45) is 1.70. The highest BCUT2D eigenvalue weighted by Gasteiger charge is 2.55. The van der Waals surface area contributed by atoms with Crippen molar-refractivity contribution in [1.82, 2.24) is 5.32 Å². The first-order valence-electron chi connectivity index (χ1n) is 10.9. The lowest BCUT2D eigenvalue weighted by molar-refractivity contribution is -0.149. The summed E-state index contributed by atoms with van der Waals surface area (Å²) in [5.74, 6) is -2.95. The number of hydrogen-bond acceptors (Lipinski definition) is 2. The van der Waals surface area contributed by atoms with Crippen molar-refractivity contribution in [2.24, 2.45) is 11.8 Å². The molecule has 3 aromatic carbocycles. The van der Waals surface area contributed by atoms with Crippen LogP contribution in [0.2, 0.25) is 0 Å². The van der Waals surface area contributed by atoms with Crippen molar-refractivity contribution >= 4 is 11.9 Å². The van der Waals surface area contributed by atoms with Crippen LogP contribution < -0.4 is 5.32 Å². The fourth-order valence-electron chi connectivity index (χ4n) is 5.56. The van der Waals surface area contributed by atoms with E-state index >= 15 is 0 Å². The Morgan fingerprint density at radius 2 is 1.19 bits per heavy atom. The van der Waals surface area contributed by atoms with E-state index in [1.54, 1.807) is 0 Å². The largest absolute Gasteiger partial charge is 0.481 e. The summed E-state index contributed by atoms with van der Waals surface area (Å²) in [6, 6.07) is 26.2. The minimum absolute atomic E-state index is 0.153. The minimum atomic E-state index is -0.900. The maximum atomic E-state index is 13.4. The summed E-state index contributed by atoms with van der Waals surface area (Å²) in [4.78, 5) is 25.8. The molecule has 2 unspecified atom stereocenters. The number of benzene rings is 3. The second-order valence-corrected chi connectivity index (χ2v) is 8.48. The third kappa shape index (κ3) is 3.32. The molecular formula is C27H25NO3. The normalized spacial score (nSPS) is 23.0. The van der Waals surface area contributed by atoms with E-state index < -0.39 is 17.8 Å². The second kappa shape index (κ2) is 8.03. The summed E-state index contributed by atoms with van der Waals surface area (Å²) in [5.41, 5.74) is 5.51. The lowest BCUT2D eigenvalue weighted by atomic mass is 9.54. The molecule has 0 spiro atoms. The number of nitrogens with one attached hydrogen (secondary N) is 1. The first kappa shape index (κ1) is 19.6. The Morgan fingerprint density at radius 3 is 1.71 bits per heavy atom. The van der Waals surface area contributed by atoms with Crippen LogP contribution >= 0.6 is 0 Å². The van der Waals surface area contributed by atoms with Crippen LogP contribution in [0.5, 0.6) is 0 Å². The molecule has 0 aliphatic heterocycles. The Bertz CT molecular complexity index is 1080. The first-order valence-corrected chi connectivity index (χ1v) is 10.9. The van der Waals surface area contributed by atoms with Crippen LogP contribution in [0, 0.1) is 11.8 Å². The van der Waals surface area contributed by atoms with Crippen molar-refractivity contribution in [2.75, 3.05) is 6.54 Å². The number of aliphatic carboxylic acids is 1. The number of rotatable bonds is 6. The van der Waals surface area contributed by atoms with E-state index in [1.165, 1.54) is 5.56 Å². The zero-order chi connectivity index (χ0) is 21.4. The van der Waals surface area contributed by atoms with Gasteiger partial charge >= 0.3 is 5.97 Å². The van der Waals surface area contributed by atoms with Crippen molar-refractivity contribution in [3.8, 4) is 0 Å². The molecule has 2 N–H and O–H groups in total. The molecule has 156 valence electrons. The average Bonchev–Trinajstić information content (AvgIpc) is 2.81. The Morgan fingerprint density at radius 1 is 0.710 bits per heavy atom. The van der Waals surface area contributed by atoms with Crippen LogP contribution in [-0.2, 0) is 16.0 Å². The lowest BCUT2D eigenvalue weighted by Gasteiger charge is -2.48. The minimum Gasteiger partial charge on any atom is -0.481 e. The Kier molecular flexibility index (Phi) is 5.06. The predicted molar refractivity (Wildman–Crippen MR) is 119 cm³/mol. The van der Waals surface area contributed by atoms with Crippen molar-refractivity contribution in [1.29, 1.82) is 0 Å². The highest BCUT2D eigenvalue weighted by atomic mass is 16.4. The van der Waals surface area contributed by atoms with Crippen molar-refractivity contribution in [3.63, 3.8) is 0 Å². The van der Waals surface area contributed by atoms with Gasteiger partial charge in [0.2, 0.25) is 5.91 Å². The summed E-state index contributed by atoms with van der Waals surface area (Å²) in [5, 5.41) is 13.2. The fourth-order valence-corrected chi connectivity index (χ4v) is 5.56. The SMILES string of the molecule is O=C(O)C1C2c3ccccc3C(c3ccccc32)C1C(=O)NCCCc1ccccc1. The van der Waals surface area contributed by atoms with Crippen molar-refractivity contribution in [2.45, 2.75) is 24.7 Å². The molecule has 3 aromatic rings. The standard InChI is InChI=1S/C27H25NO3/c29-26(28-16-8-11-17-9-2-1-3-10-17)24-22-18-12-4-6-14-20(18)23(25(24)27(30)31)21-15-7-5-13-19(21)22/h1-7,9-10,12-15,22-25H,8,11,16H2,(H,28,29)(H,30,31). The van der Waals surface area contributed by atoms with Gasteiger partial charge in [0.05, 0.1) is 11.8 Å². The van der Waals surface area contributed by atoms with Crippen LogP contribution in [0.3, 0.4) is 0 Å². The fraction of sp³-hybridized carbons (Fsp3) is 0.259. The maximum absolute atomic E-state index is 13.4. The lowest BCUT2D eigenvalue weighted by Crippen LogP contribution is -2.50. The van der Waals surface area contributed by atoms with E-state index in [0.29, 0.717) is 6.54 Å². The van der Waals surface area contributed by atoms with Gasteiger partial charge in [-0.1, -0.05) is 78.9 Å². The Labute approximate surface area is 181 Å². The molecule has 3 aliphatic rings. The van der Waals surface area contributed by atoms with E-state index in [1.807, 2.05) is 54.6 Å². The van der Waals surface area contributed by atoms with Gasteiger partial charge in [-0.2, -0.15) is 0 Å². The van der Waals surface area contributed by atoms with Crippen LogP contribution in [0.15, 0.2) is 78.9 Å². The van der Waals surface area contributed by atoms with Gasteiger partial charge in [0.25, 0.3) is 0 Å². The van der Waals surface area contributed by atoms with Crippen LogP contribution in [0.1, 0.15) is 46.1 Å². The van der Waals surface area contributed by atoms with Crippen LogP contribution in [0.4, 0.5) is 0 Å². The predicted octanol–water partition coefficient (Wildman–Crippen LogP) is 4.34. The third-order valence-corrected chi connectivity index (χ3v) is 6.81. The maximum Gasteiger partial charge on any atom is 0.308 e. The zero-order valence-electron chi connectivity index (χ0n) is 17.2. The van der Waals surface area contributed by atoms with Gasteiger partial charge in [-0.05, 0) is 40.7 Å². The molecule has 0 aromatic heterocycles. The summed E-state index contributed by atoms with van der Waals surface area (Å²) in [7, 11) is 0. The molecule has 0 saturated heterocycles. The van der Waals surface area contributed by atoms with E-state index in [-0.39, 0.29) is 17.7 Å². The average molecular weight is 412 g/mol. The van der Waals surface area contributed by atoms with Gasteiger partial charge < -0.3 is 10.4 Å². The molecule has 0 fully saturated rings. The number of fused-ring (bicyclic) bond motifs is 1. The highest BCUT2D eigenvalue weighted by molar-refractivity contribution is 5.89. The summed E-state index contributed by atoms with van der Waals surface area (Å²) < 4.78 is 0. The zero-order valence-corrected chi connectivity index (χ0v) is 17.2. The molecule has 31 heavy (non-hydrogen) atoms. The van der Waals surface area contributed by atoms with Gasteiger partial charge in [-0.25, -0.2) is 0 Å². The Balaban J connectivity index is 1.43. The van der Waals surface area contributed by atoms with Gasteiger partial charge in [0.15, 0.2) is 0 Å². The molecule has 4 nitrogen and oxygen atoms in total. The van der Waals surface area contributed by atoms with E-state index in [9.17, 15) is 14.7 Å². The molecule has 3 aliphatic carbocycles. The molecule has 0 heterocycles. The Hall–Kier alpha value is -3.40. The van der Waals surface area contributed by atoms with Crippen molar-refractivity contribution < 1.29 is 14.7 Å². The van der Waals surface area contributed by atoms with E-state index in [2.05, 4.69) is 29.6 Å². The molecular weight excluding hydrogens is 386 g/mol. The quantitative estimate of drug-likeness (QED) is 0.593. The van der Waals surface area contributed by atoms with Gasteiger partial charge in [0, 0.05) is 18.4 Å². The highest BCUT2D eigenvalue weighted by Crippen LogP contribution is 2.58. The van der Waals surface area contributed by atoms with Crippen molar-refractivity contribution in [3.05, 3.63) is 107 Å². The monoisotopic (exact) mass is 411 g/mol. The number of carbonyl (C=O) groups excluding carboxylic acids is 1. The topological polar surface area (TPSA) is 66.4 Å². The second-order valence-electron chi connectivity index (χ2n) is 8.48. The molecule has 2 bridgehead atoms. The number of carbonyl (C=O) groups is 2. The number of amides is 1. The molecule has 0 saturated carbocycles. The molecule has 2 atom stereocenters. The van der Waals surface area contributed by atoms with Crippen LogP contribution in [-0.4, -0.2) is 23.5 Å². The number of carboxylic acid groups (broad SMARTS) is 1. The summed E-state index contributed by atoms with van der Waals surface area (Å²) >= 11 is 0. The molecule has 1 amide bonds. The smallest absolute Gasteiger partial charge is 0.308 e. The van der Waals surface area contributed by atoms with Gasteiger partial charge in [-0.15, -0.1) is 0 Å². The number of hydrogen-bond donors (Lipinski definition) is 2. The number of carboxylic acids is 1. The van der Waals surface area contributed by atoms with Gasteiger partial charge in [-0.3, -0.25) is 9.59 Å². The van der Waals surface area contributed by atoms with E-state index in [0.717, 1.165) is 35.1 Å². The van der Waals surface area contributed by atoms with E-state index in [4.69, 9.17) is 0 Å². The number of aryl methyl sites for hydroxylation is 1.